The smallest absolute Gasteiger partial charge is 0.270 e. The van der Waals surface area contributed by atoms with E-state index in [2.05, 4.69) is 10.4 Å². The topological polar surface area (TPSA) is 84.3 Å². The standard InChI is InChI=1S/C22H24ClFN4O3S/c1-25-22(29)21-18-12-17(14-4-5-14)20(27(11-3-10-24)32(2,30)31)13-19(18)26-28(21)16-8-6-15(23)7-9-16/h6-9,12-14H,3-5,10-11H2,1-2H3,(H,25,29). The Bertz CT molecular complexity index is 1270. The van der Waals surface area contributed by atoms with E-state index in [0.717, 1.165) is 24.7 Å². The first-order valence-corrected chi connectivity index (χ1v) is 12.6. The summed E-state index contributed by atoms with van der Waals surface area (Å²) >= 11 is 6.01. The van der Waals surface area contributed by atoms with Gasteiger partial charge < -0.3 is 5.32 Å². The molecule has 4 rings (SSSR count). The van der Waals surface area contributed by atoms with Crippen LogP contribution in [-0.4, -0.2) is 50.6 Å². The molecule has 1 heterocycles. The number of amides is 1. The minimum atomic E-state index is -3.63. The molecule has 10 heteroatoms. The quantitative estimate of drug-likeness (QED) is 0.529. The number of nitrogens with zero attached hydrogens (tertiary/aromatic N) is 3. The normalized spacial score (nSPS) is 14.0. The molecule has 0 atom stereocenters. The Labute approximate surface area is 191 Å². The van der Waals surface area contributed by atoms with Crippen molar-refractivity contribution in [1.29, 1.82) is 0 Å². The minimum absolute atomic E-state index is 0.0424. The van der Waals surface area contributed by atoms with Gasteiger partial charge in [-0.05, 0) is 67.1 Å². The largest absolute Gasteiger partial charge is 0.354 e. The fourth-order valence-electron chi connectivity index (χ4n) is 3.85. The van der Waals surface area contributed by atoms with Gasteiger partial charge in [-0.25, -0.2) is 13.1 Å². The van der Waals surface area contributed by atoms with Crippen molar-refractivity contribution in [3.05, 3.63) is 52.7 Å². The summed E-state index contributed by atoms with van der Waals surface area (Å²) in [6, 6.07) is 10.5. The molecule has 1 saturated carbocycles. The Hall–Kier alpha value is -2.65. The van der Waals surface area contributed by atoms with Crippen molar-refractivity contribution in [3.8, 4) is 5.69 Å². The molecule has 1 amide bonds. The predicted molar refractivity (Wildman–Crippen MR) is 124 cm³/mol. The van der Waals surface area contributed by atoms with Crippen molar-refractivity contribution < 1.29 is 17.6 Å². The first kappa shape index (κ1) is 22.5. The second-order valence-electron chi connectivity index (χ2n) is 7.90. The highest BCUT2D eigenvalue weighted by molar-refractivity contribution is 7.92. The van der Waals surface area contributed by atoms with Gasteiger partial charge in [0.1, 0.15) is 5.69 Å². The molecule has 1 aromatic heterocycles. The summed E-state index contributed by atoms with van der Waals surface area (Å²) in [6.45, 7) is -0.570. The zero-order chi connectivity index (χ0) is 23.0. The summed E-state index contributed by atoms with van der Waals surface area (Å²) in [5.41, 5.74) is 2.82. The van der Waals surface area contributed by atoms with Gasteiger partial charge >= 0.3 is 0 Å². The molecule has 2 aromatic carbocycles. The number of hydrogen-bond donors (Lipinski definition) is 1. The third kappa shape index (κ3) is 4.31. The van der Waals surface area contributed by atoms with E-state index in [-0.39, 0.29) is 24.8 Å². The number of hydrogen-bond acceptors (Lipinski definition) is 4. The van der Waals surface area contributed by atoms with E-state index >= 15 is 0 Å². The number of carbonyl (C=O) groups excluding carboxylic acids is 1. The maximum atomic E-state index is 12.9. The number of aromatic nitrogens is 2. The maximum Gasteiger partial charge on any atom is 0.270 e. The molecule has 1 aliphatic carbocycles. The number of carbonyl (C=O) groups is 1. The van der Waals surface area contributed by atoms with Crippen LogP contribution in [0.3, 0.4) is 0 Å². The second-order valence-corrected chi connectivity index (χ2v) is 10.2. The summed E-state index contributed by atoms with van der Waals surface area (Å²) < 4.78 is 40.8. The van der Waals surface area contributed by atoms with Crippen molar-refractivity contribution in [2.24, 2.45) is 0 Å². The van der Waals surface area contributed by atoms with Crippen LogP contribution in [0, 0.1) is 0 Å². The number of benzene rings is 2. The highest BCUT2D eigenvalue weighted by Crippen LogP contribution is 2.46. The van der Waals surface area contributed by atoms with Crippen LogP contribution in [0.1, 0.15) is 41.2 Å². The number of alkyl halides is 1. The Balaban J connectivity index is 1.97. The maximum absolute atomic E-state index is 12.9. The highest BCUT2D eigenvalue weighted by Gasteiger charge is 2.32. The highest BCUT2D eigenvalue weighted by atomic mass is 35.5. The van der Waals surface area contributed by atoms with E-state index in [4.69, 9.17) is 11.6 Å². The van der Waals surface area contributed by atoms with Gasteiger partial charge in [0.25, 0.3) is 5.91 Å². The fraction of sp³-hybridized carbons (Fsp3) is 0.364. The van der Waals surface area contributed by atoms with Crippen LogP contribution >= 0.6 is 11.6 Å². The summed E-state index contributed by atoms with van der Waals surface area (Å²) in [6.07, 6.45) is 3.08. The number of anilines is 1. The molecule has 170 valence electrons. The number of fused-ring (bicyclic) bond motifs is 1. The van der Waals surface area contributed by atoms with E-state index in [1.165, 1.54) is 8.99 Å². The van der Waals surface area contributed by atoms with E-state index in [1.807, 2.05) is 6.07 Å². The molecule has 1 fully saturated rings. The fourth-order valence-corrected chi connectivity index (χ4v) is 4.95. The first-order chi connectivity index (χ1) is 15.2. The molecule has 3 aromatic rings. The Morgan fingerprint density at radius 1 is 1.28 bits per heavy atom. The van der Waals surface area contributed by atoms with Crippen LogP contribution < -0.4 is 9.62 Å². The van der Waals surface area contributed by atoms with Gasteiger partial charge in [-0.1, -0.05) is 11.6 Å². The van der Waals surface area contributed by atoms with E-state index in [9.17, 15) is 17.6 Å². The number of rotatable bonds is 8. The molecule has 0 spiro atoms. The van der Waals surface area contributed by atoms with Crippen LogP contribution in [0.25, 0.3) is 16.6 Å². The van der Waals surface area contributed by atoms with Gasteiger partial charge in [-0.3, -0.25) is 13.5 Å². The van der Waals surface area contributed by atoms with Crippen LogP contribution in [0.4, 0.5) is 10.1 Å². The second kappa shape index (κ2) is 8.71. The molecule has 0 unspecified atom stereocenters. The van der Waals surface area contributed by atoms with Gasteiger partial charge in [-0.15, -0.1) is 0 Å². The van der Waals surface area contributed by atoms with Gasteiger partial charge in [0.2, 0.25) is 10.0 Å². The van der Waals surface area contributed by atoms with Crippen LogP contribution in [0.2, 0.25) is 5.02 Å². The molecule has 0 aliphatic heterocycles. The van der Waals surface area contributed by atoms with Gasteiger partial charge in [0.05, 0.1) is 29.8 Å². The Morgan fingerprint density at radius 2 is 1.97 bits per heavy atom. The van der Waals surface area contributed by atoms with Crippen LogP contribution in [-0.2, 0) is 10.0 Å². The minimum Gasteiger partial charge on any atom is -0.354 e. The predicted octanol–water partition coefficient (Wildman–Crippen LogP) is 4.04. The first-order valence-electron chi connectivity index (χ1n) is 10.3. The molecular weight excluding hydrogens is 455 g/mol. The SMILES string of the molecule is CNC(=O)c1c2cc(C3CC3)c(N(CCCF)S(C)(=O)=O)cc2nn1-c1ccc(Cl)cc1. The van der Waals surface area contributed by atoms with E-state index < -0.39 is 16.7 Å². The lowest BCUT2D eigenvalue weighted by molar-refractivity contribution is 0.0957. The van der Waals surface area contributed by atoms with Crippen molar-refractivity contribution in [2.75, 3.05) is 30.8 Å². The molecular formula is C22H24ClFN4O3S. The molecule has 0 bridgehead atoms. The van der Waals surface area contributed by atoms with Crippen molar-refractivity contribution >= 4 is 44.1 Å². The number of halogens is 2. The van der Waals surface area contributed by atoms with Gasteiger partial charge in [0, 0.05) is 24.0 Å². The Morgan fingerprint density at radius 3 is 2.53 bits per heavy atom. The lowest BCUT2D eigenvalue weighted by atomic mass is 10.0. The average Bonchev–Trinajstić information content (AvgIpc) is 3.53. The zero-order valence-corrected chi connectivity index (χ0v) is 19.4. The molecule has 0 radical (unpaired) electrons. The lowest BCUT2D eigenvalue weighted by Gasteiger charge is -2.25. The van der Waals surface area contributed by atoms with Crippen molar-refractivity contribution in [1.82, 2.24) is 15.1 Å². The van der Waals surface area contributed by atoms with Crippen LogP contribution in [0.15, 0.2) is 36.4 Å². The monoisotopic (exact) mass is 478 g/mol. The molecule has 32 heavy (non-hydrogen) atoms. The zero-order valence-electron chi connectivity index (χ0n) is 17.8. The molecule has 1 aliphatic rings. The van der Waals surface area contributed by atoms with Gasteiger partial charge in [0.15, 0.2) is 0 Å². The summed E-state index contributed by atoms with van der Waals surface area (Å²) in [5, 5.41) is 8.47. The van der Waals surface area contributed by atoms with E-state index in [1.54, 1.807) is 37.4 Å². The Kier molecular flexibility index (Phi) is 6.13. The number of nitrogens with one attached hydrogen (secondary N) is 1. The summed E-state index contributed by atoms with van der Waals surface area (Å²) in [5.74, 6) is -0.116. The molecule has 0 saturated heterocycles. The van der Waals surface area contributed by atoms with Crippen molar-refractivity contribution in [2.45, 2.75) is 25.2 Å². The van der Waals surface area contributed by atoms with Gasteiger partial charge in [-0.2, -0.15) is 5.10 Å². The van der Waals surface area contributed by atoms with Crippen molar-refractivity contribution in [3.63, 3.8) is 0 Å². The molecule has 1 N–H and O–H groups in total. The average molecular weight is 479 g/mol. The van der Waals surface area contributed by atoms with E-state index in [0.29, 0.717) is 33.0 Å². The lowest BCUT2D eigenvalue weighted by Crippen LogP contribution is -2.32. The summed E-state index contributed by atoms with van der Waals surface area (Å²) in [4.78, 5) is 12.8. The third-order valence-electron chi connectivity index (χ3n) is 5.51. The molecule has 7 nitrogen and oxygen atoms in total. The van der Waals surface area contributed by atoms with Crippen LogP contribution in [0.5, 0.6) is 0 Å². The summed E-state index contributed by atoms with van der Waals surface area (Å²) in [7, 11) is -2.08. The number of sulfonamides is 1. The third-order valence-corrected chi connectivity index (χ3v) is 6.95.